The first-order valence-electron chi connectivity index (χ1n) is 8.63. The Morgan fingerprint density at radius 1 is 1.11 bits per heavy atom. The zero-order chi connectivity index (χ0) is 20.0. The minimum Gasteiger partial charge on any atom is -0.462 e. The minimum absolute atomic E-state index is 0.251. The maximum atomic E-state index is 12.4. The molecule has 2 rings (SSSR count). The number of carbonyl (C=O) groups excluding carboxylic acids is 3. The molecule has 1 heterocycles. The second-order valence-corrected chi connectivity index (χ2v) is 7.36. The lowest BCUT2D eigenvalue weighted by molar-refractivity contribution is -0.141. The number of esters is 2. The molecule has 0 amide bonds. The van der Waals surface area contributed by atoms with E-state index in [9.17, 15) is 14.4 Å². The highest BCUT2D eigenvalue weighted by molar-refractivity contribution is 8.00. The first-order valence-corrected chi connectivity index (χ1v) is 9.50. The van der Waals surface area contributed by atoms with Crippen molar-refractivity contribution in [2.75, 3.05) is 13.2 Å². The van der Waals surface area contributed by atoms with Crippen molar-refractivity contribution in [2.24, 2.45) is 0 Å². The van der Waals surface area contributed by atoms with Crippen molar-refractivity contribution in [3.05, 3.63) is 52.8 Å². The van der Waals surface area contributed by atoms with E-state index in [2.05, 4.69) is 4.98 Å². The lowest BCUT2D eigenvalue weighted by atomic mass is 10.1. The molecule has 1 N–H and O–H groups in total. The molecule has 27 heavy (non-hydrogen) atoms. The molecule has 0 spiro atoms. The Morgan fingerprint density at radius 2 is 1.78 bits per heavy atom. The molecule has 0 radical (unpaired) electrons. The highest BCUT2D eigenvalue weighted by Gasteiger charge is 2.24. The fraction of sp³-hybridized carbons (Fsp3) is 0.350. The summed E-state index contributed by atoms with van der Waals surface area (Å²) in [5, 5.41) is -0.443. The van der Waals surface area contributed by atoms with E-state index in [1.54, 1.807) is 27.7 Å². The first-order chi connectivity index (χ1) is 12.8. The second-order valence-electron chi connectivity index (χ2n) is 5.95. The van der Waals surface area contributed by atoms with Crippen molar-refractivity contribution in [3.8, 4) is 0 Å². The van der Waals surface area contributed by atoms with Gasteiger partial charge in [-0.25, -0.2) is 4.79 Å². The Labute approximate surface area is 162 Å². The second kappa shape index (κ2) is 9.41. The van der Waals surface area contributed by atoms with Gasteiger partial charge in [-0.2, -0.15) is 0 Å². The van der Waals surface area contributed by atoms with E-state index in [-0.39, 0.29) is 18.9 Å². The van der Waals surface area contributed by atoms with E-state index >= 15 is 0 Å². The van der Waals surface area contributed by atoms with Crippen LogP contribution in [0.4, 0.5) is 0 Å². The number of aromatic amines is 1. The Kier molecular flexibility index (Phi) is 7.24. The number of thioether (sulfide) groups is 1. The number of nitrogens with one attached hydrogen (secondary N) is 1. The number of hydrogen-bond acceptors (Lipinski definition) is 6. The standard InChI is InChI=1S/C20H23NO5S/c1-5-25-20(24)17-12(2)18(21-13(17)3)16(22)11-26-19(23)14(4)27-15-9-7-6-8-10-15/h6-10,14,21H,5,11H2,1-4H3. The molecule has 1 aromatic heterocycles. The van der Waals surface area contributed by atoms with Gasteiger partial charge < -0.3 is 14.5 Å². The van der Waals surface area contributed by atoms with E-state index in [0.29, 0.717) is 16.8 Å². The summed E-state index contributed by atoms with van der Waals surface area (Å²) in [6, 6.07) is 9.49. The zero-order valence-electron chi connectivity index (χ0n) is 15.8. The highest BCUT2D eigenvalue weighted by Crippen LogP contribution is 2.24. The number of ketones is 1. The van der Waals surface area contributed by atoms with Crippen LogP contribution in [0.2, 0.25) is 0 Å². The smallest absolute Gasteiger partial charge is 0.340 e. The number of hydrogen-bond donors (Lipinski definition) is 1. The molecule has 0 aliphatic rings. The molecule has 0 saturated carbocycles. The summed E-state index contributed by atoms with van der Waals surface area (Å²) in [5.74, 6) is -1.34. The van der Waals surface area contributed by atoms with Gasteiger partial charge in [-0.3, -0.25) is 9.59 Å². The number of aromatic nitrogens is 1. The Balaban J connectivity index is 1.98. The third-order valence-electron chi connectivity index (χ3n) is 3.93. The number of rotatable bonds is 8. The zero-order valence-corrected chi connectivity index (χ0v) is 16.6. The Morgan fingerprint density at radius 3 is 2.41 bits per heavy atom. The normalized spacial score (nSPS) is 11.7. The number of carbonyl (C=O) groups is 3. The number of benzene rings is 1. The number of aryl methyl sites for hydroxylation is 1. The van der Waals surface area contributed by atoms with Gasteiger partial charge in [0, 0.05) is 10.6 Å². The van der Waals surface area contributed by atoms with Crippen molar-refractivity contribution in [3.63, 3.8) is 0 Å². The van der Waals surface area contributed by atoms with Crippen molar-refractivity contribution in [2.45, 2.75) is 37.8 Å². The van der Waals surface area contributed by atoms with E-state index in [1.807, 2.05) is 30.3 Å². The quantitative estimate of drug-likeness (QED) is 0.421. The van der Waals surface area contributed by atoms with Crippen molar-refractivity contribution >= 4 is 29.5 Å². The molecule has 1 atom stereocenters. The minimum atomic E-state index is -0.479. The van der Waals surface area contributed by atoms with Crippen LogP contribution in [-0.4, -0.2) is 41.2 Å². The summed E-state index contributed by atoms with van der Waals surface area (Å²) in [4.78, 5) is 40.4. The lowest BCUT2D eigenvalue weighted by Gasteiger charge is -2.10. The van der Waals surface area contributed by atoms with Crippen molar-refractivity contribution < 1.29 is 23.9 Å². The van der Waals surface area contributed by atoms with Crippen LogP contribution in [0.5, 0.6) is 0 Å². The maximum Gasteiger partial charge on any atom is 0.340 e. The maximum absolute atomic E-state index is 12.4. The molecule has 7 heteroatoms. The third kappa shape index (κ3) is 5.23. The summed E-state index contributed by atoms with van der Waals surface area (Å²) in [6.45, 7) is 6.67. The van der Waals surface area contributed by atoms with Gasteiger partial charge in [0.2, 0.25) is 5.78 Å². The van der Waals surface area contributed by atoms with Crippen molar-refractivity contribution in [1.82, 2.24) is 4.98 Å². The van der Waals surface area contributed by atoms with E-state index in [1.165, 1.54) is 11.8 Å². The Hall–Kier alpha value is -2.54. The van der Waals surface area contributed by atoms with Crippen LogP contribution in [0.25, 0.3) is 0 Å². The SMILES string of the molecule is CCOC(=O)c1c(C)[nH]c(C(=O)COC(=O)C(C)Sc2ccccc2)c1C. The van der Waals surface area contributed by atoms with Gasteiger partial charge in [0.05, 0.1) is 17.9 Å². The van der Waals surface area contributed by atoms with E-state index in [0.717, 1.165) is 4.90 Å². The summed E-state index contributed by atoms with van der Waals surface area (Å²) < 4.78 is 10.2. The van der Waals surface area contributed by atoms with Crippen LogP contribution in [0.3, 0.4) is 0 Å². The fourth-order valence-corrected chi connectivity index (χ4v) is 3.50. The number of Topliss-reactive ketones (excluding diaryl/α,β-unsaturated/α-hetero) is 1. The summed E-state index contributed by atoms with van der Waals surface area (Å²) in [5.41, 5.74) is 1.65. The van der Waals surface area contributed by atoms with Crippen LogP contribution < -0.4 is 0 Å². The van der Waals surface area contributed by atoms with E-state index in [4.69, 9.17) is 9.47 Å². The van der Waals surface area contributed by atoms with Gasteiger partial charge in [0.1, 0.15) is 5.25 Å². The fourth-order valence-electron chi connectivity index (χ4n) is 2.62. The molecule has 144 valence electrons. The van der Waals surface area contributed by atoms with Gasteiger partial charge in [-0.05, 0) is 45.4 Å². The molecule has 0 aliphatic carbocycles. The molecule has 0 bridgehead atoms. The van der Waals surface area contributed by atoms with Crippen LogP contribution in [-0.2, 0) is 14.3 Å². The van der Waals surface area contributed by atoms with Crippen molar-refractivity contribution in [1.29, 1.82) is 0 Å². The van der Waals surface area contributed by atoms with Gasteiger partial charge in [-0.1, -0.05) is 18.2 Å². The number of H-pyrrole nitrogens is 1. The Bertz CT molecular complexity index is 828. The van der Waals surface area contributed by atoms with Crippen LogP contribution >= 0.6 is 11.8 Å². The van der Waals surface area contributed by atoms with Crippen LogP contribution in [0.15, 0.2) is 35.2 Å². The van der Waals surface area contributed by atoms with Gasteiger partial charge in [0.15, 0.2) is 6.61 Å². The van der Waals surface area contributed by atoms with Gasteiger partial charge >= 0.3 is 11.9 Å². The molecule has 0 saturated heterocycles. The van der Waals surface area contributed by atoms with E-state index < -0.39 is 23.0 Å². The lowest BCUT2D eigenvalue weighted by Crippen LogP contribution is -2.21. The average molecular weight is 389 g/mol. The molecular weight excluding hydrogens is 366 g/mol. The topological polar surface area (TPSA) is 85.5 Å². The molecular formula is C20H23NO5S. The summed E-state index contributed by atoms with van der Waals surface area (Å²) in [7, 11) is 0. The van der Waals surface area contributed by atoms with Crippen LogP contribution in [0.1, 0.15) is 46.0 Å². The number of ether oxygens (including phenoxy) is 2. The monoisotopic (exact) mass is 389 g/mol. The predicted molar refractivity (Wildman–Crippen MR) is 103 cm³/mol. The van der Waals surface area contributed by atoms with Gasteiger partial charge in [-0.15, -0.1) is 11.8 Å². The molecule has 1 unspecified atom stereocenters. The average Bonchev–Trinajstić information content (AvgIpc) is 2.94. The highest BCUT2D eigenvalue weighted by atomic mass is 32.2. The molecule has 2 aromatic rings. The molecule has 6 nitrogen and oxygen atoms in total. The summed E-state index contributed by atoms with van der Waals surface area (Å²) in [6.07, 6.45) is 0. The molecule has 0 aliphatic heterocycles. The first kappa shape index (κ1) is 20.8. The largest absolute Gasteiger partial charge is 0.462 e. The molecule has 0 fully saturated rings. The predicted octanol–water partition coefficient (Wildman–Crippen LogP) is 3.71. The molecule has 1 aromatic carbocycles. The third-order valence-corrected chi connectivity index (χ3v) is 5.02. The van der Waals surface area contributed by atoms with Crippen LogP contribution in [0, 0.1) is 13.8 Å². The van der Waals surface area contributed by atoms with Gasteiger partial charge in [0.25, 0.3) is 0 Å². The summed E-state index contributed by atoms with van der Waals surface area (Å²) >= 11 is 1.36.